The van der Waals surface area contributed by atoms with E-state index in [1.807, 2.05) is 0 Å². The van der Waals surface area contributed by atoms with Gasteiger partial charge < -0.3 is 4.90 Å². The van der Waals surface area contributed by atoms with Gasteiger partial charge in [0, 0.05) is 19.0 Å². The Morgan fingerprint density at radius 2 is 1.50 bits per heavy atom. The van der Waals surface area contributed by atoms with Crippen molar-refractivity contribution in [2.75, 3.05) is 13.1 Å². The maximum atomic E-state index is 12.0. The molecule has 1 fully saturated rings. The van der Waals surface area contributed by atoms with Gasteiger partial charge in [0.05, 0.1) is 0 Å². The Kier molecular flexibility index (Phi) is 6.51. The Balaban J connectivity index is 2.25. The van der Waals surface area contributed by atoms with Crippen molar-refractivity contribution in [1.29, 1.82) is 0 Å². The molecule has 0 bridgehead atoms. The fraction of sp³-hybridized carbons (Fsp3) is 0.929. The topological polar surface area (TPSA) is 20.3 Å². The summed E-state index contributed by atoms with van der Waals surface area (Å²) >= 11 is 0. The van der Waals surface area contributed by atoms with E-state index in [0.29, 0.717) is 11.8 Å². The zero-order valence-corrected chi connectivity index (χ0v) is 11.0. The second-order valence-electron chi connectivity index (χ2n) is 5.01. The second kappa shape index (κ2) is 7.70. The monoisotopic (exact) mass is 225 g/mol. The second-order valence-corrected chi connectivity index (χ2v) is 5.01. The first-order valence-electron chi connectivity index (χ1n) is 7.08. The normalized spacial score (nSPS) is 15.1. The number of carbonyl (C=O) groups is 1. The van der Waals surface area contributed by atoms with Crippen molar-refractivity contribution in [3.8, 4) is 0 Å². The average molecular weight is 225 g/mol. The van der Waals surface area contributed by atoms with Gasteiger partial charge >= 0.3 is 0 Å². The fourth-order valence-electron chi connectivity index (χ4n) is 2.03. The molecule has 0 aromatic carbocycles. The van der Waals surface area contributed by atoms with Gasteiger partial charge in [-0.2, -0.15) is 0 Å². The summed E-state index contributed by atoms with van der Waals surface area (Å²) < 4.78 is 0. The molecule has 0 saturated heterocycles. The molecular formula is C14H27NO. The summed E-state index contributed by atoms with van der Waals surface area (Å²) in [5.41, 5.74) is 0. The van der Waals surface area contributed by atoms with E-state index in [0.717, 1.165) is 25.9 Å². The predicted octanol–water partition coefficient (Wildman–Crippen LogP) is 3.61. The highest BCUT2D eigenvalue weighted by Gasteiger charge is 2.32. The van der Waals surface area contributed by atoms with Crippen LogP contribution in [0.25, 0.3) is 0 Å². The summed E-state index contributed by atoms with van der Waals surface area (Å²) in [7, 11) is 0. The smallest absolute Gasteiger partial charge is 0.225 e. The van der Waals surface area contributed by atoms with Gasteiger partial charge in [-0.3, -0.25) is 4.79 Å². The van der Waals surface area contributed by atoms with Gasteiger partial charge in [0.25, 0.3) is 0 Å². The molecule has 0 unspecified atom stereocenters. The van der Waals surface area contributed by atoms with Crippen molar-refractivity contribution in [1.82, 2.24) is 4.90 Å². The zero-order valence-electron chi connectivity index (χ0n) is 11.0. The van der Waals surface area contributed by atoms with Crippen LogP contribution in [-0.4, -0.2) is 23.9 Å². The highest BCUT2D eigenvalue weighted by atomic mass is 16.2. The number of hydrogen-bond acceptors (Lipinski definition) is 1. The molecule has 94 valence electrons. The number of hydrogen-bond donors (Lipinski definition) is 0. The molecular weight excluding hydrogens is 198 g/mol. The molecule has 2 nitrogen and oxygen atoms in total. The summed E-state index contributed by atoms with van der Waals surface area (Å²) in [6.45, 7) is 6.41. The van der Waals surface area contributed by atoms with Crippen molar-refractivity contribution >= 4 is 5.91 Å². The number of unbranched alkanes of at least 4 members (excludes halogenated alkanes) is 4. The highest BCUT2D eigenvalue weighted by molar-refractivity contribution is 5.81. The van der Waals surface area contributed by atoms with Crippen molar-refractivity contribution in [2.24, 2.45) is 5.92 Å². The summed E-state index contributed by atoms with van der Waals surface area (Å²) in [5, 5.41) is 0. The van der Waals surface area contributed by atoms with Crippen LogP contribution >= 0.6 is 0 Å². The number of rotatable bonds is 9. The van der Waals surface area contributed by atoms with Gasteiger partial charge in [-0.25, -0.2) is 0 Å². The van der Waals surface area contributed by atoms with E-state index >= 15 is 0 Å². The largest absolute Gasteiger partial charge is 0.342 e. The fourth-order valence-corrected chi connectivity index (χ4v) is 2.03. The van der Waals surface area contributed by atoms with E-state index in [1.54, 1.807) is 0 Å². The zero-order chi connectivity index (χ0) is 11.8. The third kappa shape index (κ3) is 5.00. The van der Waals surface area contributed by atoms with Gasteiger partial charge in [-0.05, 0) is 25.7 Å². The number of carbonyl (C=O) groups excluding carboxylic acids is 1. The standard InChI is InChI=1S/C14H27NO/c1-3-5-7-11-15(12-8-6-4-2)14(16)13-9-10-13/h13H,3-12H2,1-2H3. The minimum absolute atomic E-state index is 0.392. The van der Waals surface area contributed by atoms with Gasteiger partial charge in [0.1, 0.15) is 0 Å². The molecule has 0 atom stereocenters. The van der Waals surface area contributed by atoms with Crippen LogP contribution in [-0.2, 0) is 4.79 Å². The molecule has 0 N–H and O–H groups in total. The lowest BCUT2D eigenvalue weighted by Gasteiger charge is -2.22. The molecule has 0 aromatic rings. The molecule has 1 aliphatic rings. The van der Waals surface area contributed by atoms with Crippen LogP contribution in [0, 0.1) is 5.92 Å². The lowest BCUT2D eigenvalue weighted by molar-refractivity contribution is -0.132. The van der Waals surface area contributed by atoms with E-state index < -0.39 is 0 Å². The van der Waals surface area contributed by atoms with Crippen LogP contribution in [0.15, 0.2) is 0 Å². The van der Waals surface area contributed by atoms with Crippen molar-refractivity contribution < 1.29 is 4.79 Å². The number of amides is 1. The summed E-state index contributed by atoms with van der Waals surface area (Å²) in [6.07, 6.45) is 9.61. The molecule has 0 aliphatic heterocycles. The molecule has 1 saturated carbocycles. The first-order valence-corrected chi connectivity index (χ1v) is 7.08. The maximum absolute atomic E-state index is 12.0. The maximum Gasteiger partial charge on any atom is 0.225 e. The van der Waals surface area contributed by atoms with Crippen molar-refractivity contribution in [3.63, 3.8) is 0 Å². The van der Waals surface area contributed by atoms with Crippen molar-refractivity contribution in [2.45, 2.75) is 65.2 Å². The van der Waals surface area contributed by atoms with Crippen LogP contribution in [0.4, 0.5) is 0 Å². The third-order valence-electron chi connectivity index (χ3n) is 3.30. The summed E-state index contributed by atoms with van der Waals surface area (Å²) in [5.74, 6) is 0.829. The van der Waals surface area contributed by atoms with Gasteiger partial charge in [-0.15, -0.1) is 0 Å². The van der Waals surface area contributed by atoms with Gasteiger partial charge in [-0.1, -0.05) is 39.5 Å². The molecule has 0 aromatic heterocycles. The Hall–Kier alpha value is -0.530. The highest BCUT2D eigenvalue weighted by Crippen LogP contribution is 2.31. The Morgan fingerprint density at radius 1 is 1.00 bits per heavy atom. The van der Waals surface area contributed by atoms with E-state index in [9.17, 15) is 4.79 Å². The van der Waals surface area contributed by atoms with Crippen molar-refractivity contribution in [3.05, 3.63) is 0 Å². The third-order valence-corrected chi connectivity index (χ3v) is 3.30. The SMILES string of the molecule is CCCCCN(CCCCC)C(=O)C1CC1. The Morgan fingerprint density at radius 3 is 1.88 bits per heavy atom. The predicted molar refractivity (Wildman–Crippen MR) is 68.4 cm³/mol. The van der Waals surface area contributed by atoms with E-state index in [1.165, 1.54) is 38.5 Å². The molecule has 2 heteroatoms. The van der Waals surface area contributed by atoms with E-state index in [2.05, 4.69) is 18.7 Å². The lowest BCUT2D eigenvalue weighted by Crippen LogP contribution is -2.34. The summed E-state index contributed by atoms with van der Waals surface area (Å²) in [6, 6.07) is 0. The van der Waals surface area contributed by atoms with E-state index in [-0.39, 0.29) is 0 Å². The lowest BCUT2D eigenvalue weighted by atomic mass is 10.2. The summed E-state index contributed by atoms with van der Waals surface area (Å²) in [4.78, 5) is 14.1. The molecule has 0 heterocycles. The van der Waals surface area contributed by atoms with Crippen LogP contribution in [0.1, 0.15) is 65.2 Å². The molecule has 1 rings (SSSR count). The first-order chi connectivity index (χ1) is 7.79. The molecule has 0 spiro atoms. The Labute approximate surface area is 100 Å². The van der Waals surface area contributed by atoms with Crippen LogP contribution in [0.3, 0.4) is 0 Å². The van der Waals surface area contributed by atoms with Gasteiger partial charge in [0.2, 0.25) is 5.91 Å². The van der Waals surface area contributed by atoms with Crippen LogP contribution < -0.4 is 0 Å². The average Bonchev–Trinajstić information content (AvgIpc) is 3.10. The minimum Gasteiger partial charge on any atom is -0.342 e. The first kappa shape index (κ1) is 13.5. The molecule has 0 radical (unpaired) electrons. The number of nitrogens with zero attached hydrogens (tertiary/aromatic N) is 1. The Bertz CT molecular complexity index is 189. The van der Waals surface area contributed by atoms with Crippen LogP contribution in [0.2, 0.25) is 0 Å². The molecule has 1 aliphatic carbocycles. The minimum atomic E-state index is 0.392. The van der Waals surface area contributed by atoms with E-state index in [4.69, 9.17) is 0 Å². The molecule has 16 heavy (non-hydrogen) atoms. The van der Waals surface area contributed by atoms with Crippen LogP contribution in [0.5, 0.6) is 0 Å². The quantitative estimate of drug-likeness (QED) is 0.549. The van der Waals surface area contributed by atoms with Gasteiger partial charge in [0.15, 0.2) is 0 Å². The molecule has 1 amide bonds.